The normalized spacial score (nSPS) is 18.1. The van der Waals surface area contributed by atoms with E-state index in [1.807, 2.05) is 30.6 Å². The Balaban J connectivity index is 1.71. The van der Waals surface area contributed by atoms with Gasteiger partial charge in [-0.2, -0.15) is 0 Å². The number of hydrogen-bond acceptors (Lipinski definition) is 3. The quantitative estimate of drug-likeness (QED) is 0.433. The molecule has 2 atom stereocenters. The number of rotatable bonds is 4. The Morgan fingerprint density at radius 1 is 0.875 bits per heavy atom. The van der Waals surface area contributed by atoms with Crippen molar-refractivity contribution in [2.75, 3.05) is 4.90 Å². The van der Waals surface area contributed by atoms with Gasteiger partial charge in [-0.3, -0.25) is 9.97 Å². The van der Waals surface area contributed by atoms with Gasteiger partial charge in [-0.1, -0.05) is 12.1 Å². The van der Waals surface area contributed by atoms with Crippen molar-refractivity contribution in [1.82, 2.24) is 19.9 Å². The van der Waals surface area contributed by atoms with Crippen molar-refractivity contribution in [2.24, 2.45) is 0 Å². The molecular formula is C26H25N5S. The van der Waals surface area contributed by atoms with Crippen LogP contribution in [0.25, 0.3) is 5.69 Å². The van der Waals surface area contributed by atoms with Crippen LogP contribution >= 0.6 is 12.2 Å². The molecule has 1 aliphatic heterocycles. The van der Waals surface area contributed by atoms with E-state index in [1.165, 1.54) is 11.1 Å². The first kappa shape index (κ1) is 20.4. The second-order valence-corrected chi connectivity index (χ2v) is 8.60. The summed E-state index contributed by atoms with van der Waals surface area (Å²) in [6, 6.07) is 20.8. The van der Waals surface area contributed by atoms with Gasteiger partial charge in [-0.15, -0.1) is 0 Å². The zero-order valence-corrected chi connectivity index (χ0v) is 19.2. The predicted octanol–water partition coefficient (Wildman–Crippen LogP) is 5.37. The van der Waals surface area contributed by atoms with Gasteiger partial charge < -0.3 is 14.8 Å². The van der Waals surface area contributed by atoms with Crippen LogP contribution in [0.4, 0.5) is 5.69 Å². The molecule has 4 aromatic rings. The lowest BCUT2D eigenvalue weighted by atomic mass is 10.00. The molecule has 5 nitrogen and oxygen atoms in total. The minimum Gasteiger partial charge on any atom is -0.351 e. The maximum atomic E-state index is 5.88. The molecule has 0 amide bonds. The number of hydrogen-bond donors (Lipinski definition) is 1. The summed E-state index contributed by atoms with van der Waals surface area (Å²) in [7, 11) is 0. The fraction of sp³-hybridized carbons (Fsp3) is 0.192. The molecule has 5 rings (SSSR count). The zero-order valence-electron chi connectivity index (χ0n) is 18.4. The highest BCUT2D eigenvalue weighted by Crippen LogP contribution is 2.43. The number of aromatic nitrogens is 3. The van der Waals surface area contributed by atoms with Crippen LogP contribution in [0.2, 0.25) is 0 Å². The maximum Gasteiger partial charge on any atom is 0.174 e. The average Bonchev–Trinajstić information content (AvgIpc) is 3.36. The van der Waals surface area contributed by atoms with Crippen molar-refractivity contribution in [2.45, 2.75) is 32.9 Å². The third kappa shape index (κ3) is 3.46. The summed E-state index contributed by atoms with van der Waals surface area (Å²) in [5.74, 6) is 0. The van der Waals surface area contributed by atoms with Gasteiger partial charge in [0.1, 0.15) is 6.04 Å². The molecule has 1 saturated heterocycles. The van der Waals surface area contributed by atoms with Crippen LogP contribution in [0.5, 0.6) is 0 Å². The fourth-order valence-electron chi connectivity index (χ4n) is 4.44. The van der Waals surface area contributed by atoms with Gasteiger partial charge >= 0.3 is 0 Å². The molecule has 0 unspecified atom stereocenters. The van der Waals surface area contributed by atoms with E-state index in [1.54, 1.807) is 6.20 Å². The van der Waals surface area contributed by atoms with E-state index in [0.717, 1.165) is 28.5 Å². The van der Waals surface area contributed by atoms with Crippen molar-refractivity contribution >= 4 is 23.0 Å². The van der Waals surface area contributed by atoms with Crippen LogP contribution in [-0.4, -0.2) is 19.6 Å². The van der Waals surface area contributed by atoms with Crippen LogP contribution in [0.3, 0.4) is 0 Å². The van der Waals surface area contributed by atoms with Gasteiger partial charge in [0.15, 0.2) is 5.11 Å². The second kappa shape index (κ2) is 8.20. The third-order valence-electron chi connectivity index (χ3n) is 6.18. The van der Waals surface area contributed by atoms with E-state index in [2.05, 4.69) is 88.0 Å². The smallest absolute Gasteiger partial charge is 0.174 e. The zero-order chi connectivity index (χ0) is 22.2. The van der Waals surface area contributed by atoms with Gasteiger partial charge in [0.25, 0.3) is 0 Å². The van der Waals surface area contributed by atoms with Crippen molar-refractivity contribution in [3.8, 4) is 5.69 Å². The minimum absolute atomic E-state index is 0.0755. The Morgan fingerprint density at radius 2 is 1.75 bits per heavy atom. The molecule has 32 heavy (non-hydrogen) atoms. The summed E-state index contributed by atoms with van der Waals surface area (Å²) in [6.07, 6.45) is 5.53. The number of benzene rings is 1. The van der Waals surface area contributed by atoms with Crippen LogP contribution in [0.1, 0.15) is 40.3 Å². The number of nitrogens with zero attached hydrogens (tertiary/aromatic N) is 4. The SMILES string of the molecule is Cc1ccc(N2C(=S)N[C@@H](c3ccccn3)[C@@H]2c2ccc(C)n2-c2cccnc2)cc1C. The van der Waals surface area contributed by atoms with Crippen LogP contribution in [0.15, 0.2) is 79.3 Å². The second-order valence-electron chi connectivity index (χ2n) is 8.21. The molecule has 0 saturated carbocycles. The molecule has 160 valence electrons. The van der Waals surface area contributed by atoms with Gasteiger partial charge in [0, 0.05) is 29.5 Å². The van der Waals surface area contributed by atoms with E-state index in [9.17, 15) is 0 Å². The molecule has 0 aliphatic carbocycles. The van der Waals surface area contributed by atoms with Crippen LogP contribution in [-0.2, 0) is 0 Å². The standard InChI is InChI=1S/C26H25N5S/c1-17-9-11-20(15-18(17)2)31-25(24(29-26(31)32)22-8-4-5-14-28-22)23-12-10-19(3)30(23)21-7-6-13-27-16-21/h4-16,24-25H,1-3H3,(H,29,32)/t24-,25-/m0/s1. The summed E-state index contributed by atoms with van der Waals surface area (Å²) >= 11 is 5.88. The molecule has 0 radical (unpaired) electrons. The Morgan fingerprint density at radius 3 is 2.47 bits per heavy atom. The van der Waals surface area contributed by atoms with E-state index in [0.29, 0.717) is 5.11 Å². The Labute approximate surface area is 193 Å². The maximum absolute atomic E-state index is 5.88. The summed E-state index contributed by atoms with van der Waals surface area (Å²) in [5, 5.41) is 4.25. The van der Waals surface area contributed by atoms with E-state index >= 15 is 0 Å². The molecular weight excluding hydrogens is 414 g/mol. The summed E-state index contributed by atoms with van der Waals surface area (Å²) in [6.45, 7) is 6.39. The van der Waals surface area contributed by atoms with Crippen LogP contribution in [0, 0.1) is 20.8 Å². The first-order valence-corrected chi connectivity index (χ1v) is 11.1. The number of pyridine rings is 2. The van der Waals surface area contributed by atoms with E-state index in [-0.39, 0.29) is 12.1 Å². The number of aryl methyl sites for hydroxylation is 3. The van der Waals surface area contributed by atoms with Gasteiger partial charge in [-0.25, -0.2) is 0 Å². The monoisotopic (exact) mass is 439 g/mol. The summed E-state index contributed by atoms with van der Waals surface area (Å²) < 4.78 is 2.26. The Kier molecular flexibility index (Phi) is 5.23. The van der Waals surface area contributed by atoms with Crippen molar-refractivity contribution in [3.63, 3.8) is 0 Å². The highest BCUT2D eigenvalue weighted by Gasteiger charge is 2.42. The van der Waals surface area contributed by atoms with E-state index in [4.69, 9.17) is 12.2 Å². The van der Waals surface area contributed by atoms with Gasteiger partial charge in [0.05, 0.1) is 23.6 Å². The number of thiocarbonyl (C=S) groups is 1. The lowest BCUT2D eigenvalue weighted by molar-refractivity contribution is 0.548. The van der Waals surface area contributed by atoms with Gasteiger partial charge in [0.2, 0.25) is 0 Å². The molecule has 6 heteroatoms. The molecule has 1 fully saturated rings. The molecule has 0 spiro atoms. The summed E-state index contributed by atoms with van der Waals surface area (Å²) in [5.41, 5.74) is 7.85. The predicted molar refractivity (Wildman–Crippen MR) is 132 cm³/mol. The lowest BCUT2D eigenvalue weighted by Gasteiger charge is -2.29. The van der Waals surface area contributed by atoms with Gasteiger partial charge in [-0.05, 0) is 92.6 Å². The summed E-state index contributed by atoms with van der Waals surface area (Å²) in [4.78, 5) is 11.2. The molecule has 1 aliphatic rings. The fourth-order valence-corrected chi connectivity index (χ4v) is 4.78. The lowest BCUT2D eigenvalue weighted by Crippen LogP contribution is -2.30. The van der Waals surface area contributed by atoms with Crippen molar-refractivity contribution < 1.29 is 0 Å². The Hall–Kier alpha value is -3.51. The van der Waals surface area contributed by atoms with Crippen LogP contribution < -0.4 is 10.2 Å². The third-order valence-corrected chi connectivity index (χ3v) is 6.49. The molecule has 4 heterocycles. The van der Waals surface area contributed by atoms with Crippen molar-refractivity contribution in [3.05, 3.63) is 107 Å². The molecule has 1 N–H and O–H groups in total. The average molecular weight is 440 g/mol. The number of nitrogens with one attached hydrogen (secondary N) is 1. The first-order chi connectivity index (χ1) is 15.5. The highest BCUT2D eigenvalue weighted by atomic mass is 32.1. The van der Waals surface area contributed by atoms with Crippen molar-refractivity contribution in [1.29, 1.82) is 0 Å². The van der Waals surface area contributed by atoms with E-state index < -0.39 is 0 Å². The molecule has 1 aromatic carbocycles. The highest BCUT2D eigenvalue weighted by molar-refractivity contribution is 7.80. The largest absolute Gasteiger partial charge is 0.351 e. The minimum atomic E-state index is -0.0879. The topological polar surface area (TPSA) is 46.0 Å². The molecule has 3 aromatic heterocycles. The molecule has 0 bridgehead atoms. The number of anilines is 1. The first-order valence-electron chi connectivity index (χ1n) is 10.7. The Bertz CT molecular complexity index is 1270.